The second-order valence-corrected chi connectivity index (χ2v) is 4.38. The van der Waals surface area contributed by atoms with Crippen LogP contribution >= 0.6 is 0 Å². The molecule has 0 spiro atoms. The van der Waals surface area contributed by atoms with Crippen LogP contribution in [0.15, 0.2) is 41.8 Å². The van der Waals surface area contributed by atoms with E-state index in [0.717, 1.165) is 0 Å². The number of hydrogen-bond acceptors (Lipinski definition) is 5. The van der Waals surface area contributed by atoms with Gasteiger partial charge in [0.2, 0.25) is 5.91 Å². The monoisotopic (exact) mass is 286 g/mol. The molecule has 106 valence electrons. The first-order valence-corrected chi connectivity index (χ1v) is 6.32. The Bertz CT molecular complexity index is 700. The molecule has 0 unspecified atom stereocenters. The van der Waals surface area contributed by atoms with Gasteiger partial charge in [-0.15, -0.1) is 0 Å². The van der Waals surface area contributed by atoms with Crippen molar-refractivity contribution in [1.82, 2.24) is 15.4 Å². The number of hydrazone groups is 1. The molecular formula is C14H11FN4O2. The summed E-state index contributed by atoms with van der Waals surface area (Å²) in [6.07, 6.45) is 3.97. The zero-order valence-corrected chi connectivity index (χ0v) is 10.9. The Morgan fingerprint density at radius 2 is 1.90 bits per heavy atom. The van der Waals surface area contributed by atoms with Crippen LogP contribution in [0.5, 0.6) is 11.8 Å². The van der Waals surface area contributed by atoms with E-state index >= 15 is 0 Å². The van der Waals surface area contributed by atoms with Gasteiger partial charge < -0.3 is 4.74 Å². The van der Waals surface area contributed by atoms with Crippen LogP contribution in [0.4, 0.5) is 4.39 Å². The Morgan fingerprint density at radius 3 is 2.57 bits per heavy atom. The molecule has 1 aromatic heterocycles. The Balaban J connectivity index is 1.76. The van der Waals surface area contributed by atoms with E-state index in [9.17, 15) is 9.18 Å². The van der Waals surface area contributed by atoms with Crippen molar-refractivity contribution in [3.05, 3.63) is 48.0 Å². The molecule has 1 aliphatic heterocycles. The molecule has 0 fully saturated rings. The minimum absolute atomic E-state index is 0.0456. The van der Waals surface area contributed by atoms with E-state index in [4.69, 9.17) is 4.74 Å². The number of halogens is 1. The summed E-state index contributed by atoms with van der Waals surface area (Å²) in [6.45, 7) is 0. The van der Waals surface area contributed by atoms with Crippen molar-refractivity contribution >= 4 is 11.6 Å². The molecule has 0 saturated heterocycles. The number of hydrogen-bond donors (Lipinski definition) is 1. The van der Waals surface area contributed by atoms with Crippen molar-refractivity contribution in [2.45, 2.75) is 12.8 Å². The predicted molar refractivity (Wildman–Crippen MR) is 72.4 cm³/mol. The molecule has 3 rings (SSSR count). The van der Waals surface area contributed by atoms with Crippen LogP contribution in [0.2, 0.25) is 0 Å². The number of nitrogens with one attached hydrogen (secondary N) is 1. The second kappa shape index (κ2) is 5.66. The number of nitrogens with zero attached hydrogens (tertiary/aromatic N) is 3. The first-order chi connectivity index (χ1) is 10.2. The molecule has 6 nitrogen and oxygen atoms in total. The van der Waals surface area contributed by atoms with E-state index in [1.54, 1.807) is 12.1 Å². The van der Waals surface area contributed by atoms with Gasteiger partial charge in [0, 0.05) is 30.8 Å². The molecule has 1 N–H and O–H groups in total. The number of carbonyl (C=O) groups excluding carboxylic acids is 1. The van der Waals surface area contributed by atoms with Crippen molar-refractivity contribution in [2.24, 2.45) is 5.10 Å². The summed E-state index contributed by atoms with van der Waals surface area (Å²) in [6, 6.07) is 6.06. The minimum Gasteiger partial charge on any atom is -0.421 e. The lowest BCUT2D eigenvalue weighted by Crippen LogP contribution is -2.26. The van der Waals surface area contributed by atoms with Gasteiger partial charge in [0.1, 0.15) is 0 Å². The molecule has 0 radical (unpaired) electrons. The summed E-state index contributed by atoms with van der Waals surface area (Å²) in [5.41, 5.74) is 3.80. The van der Waals surface area contributed by atoms with Crippen molar-refractivity contribution in [1.29, 1.82) is 0 Å². The average molecular weight is 286 g/mol. The van der Waals surface area contributed by atoms with Crippen LogP contribution in [0.1, 0.15) is 18.4 Å². The van der Waals surface area contributed by atoms with Gasteiger partial charge in [-0.05, 0) is 12.1 Å². The smallest absolute Gasteiger partial charge is 0.321 e. The average Bonchev–Trinajstić information content (AvgIpc) is 2.51. The number of rotatable bonds is 3. The highest BCUT2D eigenvalue weighted by Gasteiger charge is 2.14. The molecule has 0 atom stereocenters. The molecule has 7 heteroatoms. The van der Waals surface area contributed by atoms with Gasteiger partial charge in [0.05, 0.1) is 5.71 Å². The molecule has 1 amide bonds. The molecular weight excluding hydrogens is 275 g/mol. The Kier molecular flexibility index (Phi) is 3.55. The van der Waals surface area contributed by atoms with Crippen LogP contribution in [0.25, 0.3) is 0 Å². The van der Waals surface area contributed by atoms with Crippen LogP contribution < -0.4 is 10.2 Å². The van der Waals surface area contributed by atoms with Gasteiger partial charge in [-0.3, -0.25) is 4.79 Å². The normalized spacial score (nSPS) is 14.3. The van der Waals surface area contributed by atoms with Crippen molar-refractivity contribution in [2.75, 3.05) is 0 Å². The highest BCUT2D eigenvalue weighted by atomic mass is 19.1. The van der Waals surface area contributed by atoms with E-state index in [1.165, 1.54) is 24.5 Å². The van der Waals surface area contributed by atoms with Gasteiger partial charge >= 0.3 is 6.01 Å². The highest BCUT2D eigenvalue weighted by Crippen LogP contribution is 2.21. The van der Waals surface area contributed by atoms with Gasteiger partial charge in [-0.25, -0.2) is 19.8 Å². The first-order valence-electron chi connectivity index (χ1n) is 6.32. The van der Waals surface area contributed by atoms with Gasteiger partial charge in [0.25, 0.3) is 0 Å². The van der Waals surface area contributed by atoms with E-state index in [2.05, 4.69) is 20.5 Å². The number of ether oxygens (including phenoxy) is 1. The van der Waals surface area contributed by atoms with E-state index in [-0.39, 0.29) is 17.7 Å². The number of carbonyl (C=O) groups is 1. The largest absolute Gasteiger partial charge is 0.421 e. The molecule has 2 heterocycles. The van der Waals surface area contributed by atoms with Gasteiger partial charge in [0.15, 0.2) is 11.6 Å². The predicted octanol–water partition coefficient (Wildman–Crippen LogP) is 2.02. The number of aromatic nitrogens is 2. The topological polar surface area (TPSA) is 76.5 Å². The molecule has 1 aromatic carbocycles. The summed E-state index contributed by atoms with van der Waals surface area (Å²) in [7, 11) is 0. The SMILES string of the molecule is O=C1CCC(c2cnc(Oc3ccccc3F)nc2)=NN1. The molecule has 0 aliphatic carbocycles. The molecule has 21 heavy (non-hydrogen) atoms. The summed E-state index contributed by atoms with van der Waals surface area (Å²) in [5, 5.41) is 3.94. The Hall–Kier alpha value is -2.83. The van der Waals surface area contributed by atoms with Crippen LogP contribution in [0.3, 0.4) is 0 Å². The van der Waals surface area contributed by atoms with E-state index < -0.39 is 5.82 Å². The standard InChI is InChI=1S/C14H11FN4O2/c15-10-3-1-2-4-12(10)21-14-16-7-9(8-17-14)11-5-6-13(20)19-18-11/h1-4,7-8H,5-6H2,(H,19,20). The van der Waals surface area contributed by atoms with Crippen LogP contribution in [0, 0.1) is 5.82 Å². The number of amides is 1. The second-order valence-electron chi connectivity index (χ2n) is 4.38. The van der Waals surface area contributed by atoms with Crippen molar-refractivity contribution in [3.63, 3.8) is 0 Å². The lowest BCUT2D eigenvalue weighted by molar-refractivity contribution is -0.121. The quantitative estimate of drug-likeness (QED) is 0.936. The third kappa shape index (κ3) is 3.02. The van der Waals surface area contributed by atoms with Crippen LogP contribution in [-0.2, 0) is 4.79 Å². The Morgan fingerprint density at radius 1 is 1.14 bits per heavy atom. The maximum atomic E-state index is 13.4. The highest BCUT2D eigenvalue weighted by molar-refractivity contribution is 6.03. The van der Waals surface area contributed by atoms with E-state index in [1.807, 2.05) is 0 Å². The number of benzene rings is 1. The van der Waals surface area contributed by atoms with Crippen LogP contribution in [-0.4, -0.2) is 21.6 Å². The lowest BCUT2D eigenvalue weighted by Gasteiger charge is -2.11. The molecule has 0 bridgehead atoms. The third-order valence-electron chi connectivity index (χ3n) is 2.90. The van der Waals surface area contributed by atoms with Gasteiger partial charge in [-0.1, -0.05) is 12.1 Å². The zero-order chi connectivity index (χ0) is 14.7. The number of para-hydroxylation sites is 1. The summed E-state index contributed by atoms with van der Waals surface area (Å²) in [4.78, 5) is 19.1. The fourth-order valence-electron chi connectivity index (χ4n) is 1.83. The van der Waals surface area contributed by atoms with Crippen molar-refractivity contribution in [3.8, 4) is 11.8 Å². The summed E-state index contributed by atoms with van der Waals surface area (Å²) < 4.78 is 18.7. The fourth-order valence-corrected chi connectivity index (χ4v) is 1.83. The first kappa shape index (κ1) is 13.2. The van der Waals surface area contributed by atoms with Gasteiger partial charge in [-0.2, -0.15) is 5.10 Å². The molecule has 1 aliphatic rings. The van der Waals surface area contributed by atoms with Crippen molar-refractivity contribution < 1.29 is 13.9 Å². The Labute approximate surface area is 119 Å². The lowest BCUT2D eigenvalue weighted by atomic mass is 10.1. The molecule has 2 aromatic rings. The summed E-state index contributed by atoms with van der Waals surface area (Å²) in [5.74, 6) is -0.531. The maximum Gasteiger partial charge on any atom is 0.321 e. The fraction of sp³-hybridized carbons (Fsp3) is 0.143. The third-order valence-corrected chi connectivity index (χ3v) is 2.90. The zero-order valence-electron chi connectivity index (χ0n) is 10.9. The molecule has 0 saturated carbocycles. The maximum absolute atomic E-state index is 13.4. The minimum atomic E-state index is -0.482. The summed E-state index contributed by atoms with van der Waals surface area (Å²) >= 11 is 0. The van der Waals surface area contributed by atoms with E-state index in [0.29, 0.717) is 24.1 Å².